The fourth-order valence-electron chi connectivity index (χ4n) is 2.90. The predicted octanol–water partition coefficient (Wildman–Crippen LogP) is 3.86. The summed E-state index contributed by atoms with van der Waals surface area (Å²) in [7, 11) is 3.84. The number of hydrogen-bond donors (Lipinski definition) is 2. The summed E-state index contributed by atoms with van der Waals surface area (Å²) in [6, 6.07) is 16.0. The Labute approximate surface area is 159 Å². The second-order valence-corrected chi connectivity index (χ2v) is 6.70. The van der Waals surface area contributed by atoms with Crippen LogP contribution in [0.4, 0.5) is 0 Å². The van der Waals surface area contributed by atoms with Crippen LogP contribution in [-0.4, -0.2) is 41.5 Å². The number of H-pyrrole nitrogens is 1. The van der Waals surface area contributed by atoms with E-state index in [1.807, 2.05) is 49.5 Å². The van der Waals surface area contributed by atoms with Gasteiger partial charge in [0.2, 0.25) is 0 Å². The van der Waals surface area contributed by atoms with E-state index in [0.717, 1.165) is 53.8 Å². The van der Waals surface area contributed by atoms with E-state index in [4.69, 9.17) is 11.6 Å². The quantitative estimate of drug-likeness (QED) is 0.394. The summed E-state index contributed by atoms with van der Waals surface area (Å²) >= 11 is 5.94. The van der Waals surface area contributed by atoms with E-state index in [1.54, 1.807) is 7.05 Å². The molecule has 0 saturated carbocycles. The summed E-state index contributed by atoms with van der Waals surface area (Å²) in [5, 5.41) is 4.17. The summed E-state index contributed by atoms with van der Waals surface area (Å²) in [4.78, 5) is 14.4. The molecule has 3 rings (SSSR count). The number of aromatic nitrogens is 2. The highest BCUT2D eigenvalue weighted by atomic mass is 35.5. The number of fused-ring (bicyclic) bond motifs is 1. The maximum Gasteiger partial charge on any atom is 0.193 e. The number of imidazole rings is 1. The van der Waals surface area contributed by atoms with Gasteiger partial charge in [-0.3, -0.25) is 4.99 Å². The first kappa shape index (κ1) is 18.3. The maximum atomic E-state index is 5.94. The fraction of sp³-hybridized carbons (Fsp3) is 0.300. The molecule has 0 saturated heterocycles. The molecule has 6 heteroatoms. The first-order chi connectivity index (χ1) is 12.7. The van der Waals surface area contributed by atoms with E-state index in [1.165, 1.54) is 5.56 Å². The number of rotatable bonds is 6. The highest BCUT2D eigenvalue weighted by molar-refractivity contribution is 6.30. The molecule has 0 fully saturated rings. The van der Waals surface area contributed by atoms with Crippen LogP contribution < -0.4 is 5.32 Å². The highest BCUT2D eigenvalue weighted by Crippen LogP contribution is 2.12. The Morgan fingerprint density at radius 2 is 1.96 bits per heavy atom. The second-order valence-electron chi connectivity index (χ2n) is 6.26. The van der Waals surface area contributed by atoms with Gasteiger partial charge in [0.25, 0.3) is 0 Å². The first-order valence-corrected chi connectivity index (χ1v) is 9.13. The molecule has 0 spiro atoms. The molecule has 0 atom stereocenters. The minimum Gasteiger partial charge on any atom is -0.356 e. The van der Waals surface area contributed by atoms with E-state index in [-0.39, 0.29) is 0 Å². The molecule has 0 bridgehead atoms. The van der Waals surface area contributed by atoms with Crippen molar-refractivity contribution in [3.8, 4) is 0 Å². The SMILES string of the molecule is CN=C(NCCCc1nc2ccccc2[nH]1)N(C)Cc1ccc(Cl)cc1. The number of hydrogen-bond acceptors (Lipinski definition) is 2. The van der Waals surface area contributed by atoms with Crippen LogP contribution in [0.3, 0.4) is 0 Å². The van der Waals surface area contributed by atoms with E-state index in [2.05, 4.69) is 31.2 Å². The Hall–Kier alpha value is -2.53. The average Bonchev–Trinajstić information content (AvgIpc) is 3.06. The molecule has 3 aromatic rings. The van der Waals surface area contributed by atoms with E-state index >= 15 is 0 Å². The number of nitrogens with one attached hydrogen (secondary N) is 2. The van der Waals surface area contributed by atoms with Crippen molar-refractivity contribution in [2.24, 2.45) is 4.99 Å². The van der Waals surface area contributed by atoms with Gasteiger partial charge in [0.05, 0.1) is 11.0 Å². The maximum absolute atomic E-state index is 5.94. The molecule has 0 unspecified atom stereocenters. The van der Waals surface area contributed by atoms with Crippen LogP contribution in [0.15, 0.2) is 53.5 Å². The third kappa shape index (κ3) is 4.76. The predicted molar refractivity (Wildman–Crippen MR) is 109 cm³/mol. The minimum atomic E-state index is 0.754. The van der Waals surface area contributed by atoms with Crippen LogP contribution in [0.2, 0.25) is 5.02 Å². The third-order valence-electron chi connectivity index (χ3n) is 4.22. The van der Waals surface area contributed by atoms with Gasteiger partial charge >= 0.3 is 0 Å². The monoisotopic (exact) mass is 369 g/mol. The first-order valence-electron chi connectivity index (χ1n) is 8.75. The molecule has 0 aliphatic rings. The van der Waals surface area contributed by atoms with Crippen LogP contribution >= 0.6 is 11.6 Å². The van der Waals surface area contributed by atoms with Crippen molar-refractivity contribution in [1.29, 1.82) is 0 Å². The van der Waals surface area contributed by atoms with Crippen molar-refractivity contribution in [2.75, 3.05) is 20.6 Å². The molecule has 0 amide bonds. The van der Waals surface area contributed by atoms with Crippen LogP contribution in [0.5, 0.6) is 0 Å². The van der Waals surface area contributed by atoms with Crippen molar-refractivity contribution in [3.05, 3.63) is 64.9 Å². The topological polar surface area (TPSA) is 56.3 Å². The number of halogens is 1. The molecule has 0 aliphatic heterocycles. The van der Waals surface area contributed by atoms with Gasteiger partial charge in [-0.1, -0.05) is 35.9 Å². The lowest BCUT2D eigenvalue weighted by molar-refractivity contribution is 0.475. The average molecular weight is 370 g/mol. The fourth-order valence-corrected chi connectivity index (χ4v) is 3.03. The molecule has 0 aliphatic carbocycles. The number of guanidine groups is 1. The Kier molecular flexibility index (Phi) is 6.12. The van der Waals surface area contributed by atoms with Crippen LogP contribution in [0, 0.1) is 0 Å². The largest absolute Gasteiger partial charge is 0.356 e. The number of aryl methyl sites for hydroxylation is 1. The Balaban J connectivity index is 1.46. The zero-order valence-electron chi connectivity index (χ0n) is 15.2. The van der Waals surface area contributed by atoms with Crippen molar-refractivity contribution in [2.45, 2.75) is 19.4 Å². The lowest BCUT2D eigenvalue weighted by Gasteiger charge is -2.22. The van der Waals surface area contributed by atoms with Crippen LogP contribution in [0.1, 0.15) is 17.8 Å². The molecule has 1 heterocycles. The molecule has 2 N–H and O–H groups in total. The van der Waals surface area contributed by atoms with Crippen molar-refractivity contribution in [3.63, 3.8) is 0 Å². The molecule has 0 radical (unpaired) electrons. The van der Waals surface area contributed by atoms with Crippen LogP contribution in [0.25, 0.3) is 11.0 Å². The Morgan fingerprint density at radius 1 is 1.19 bits per heavy atom. The summed E-state index contributed by atoms with van der Waals surface area (Å²) in [5.41, 5.74) is 3.31. The Morgan fingerprint density at radius 3 is 2.69 bits per heavy atom. The van der Waals surface area contributed by atoms with Crippen molar-refractivity contribution >= 4 is 28.6 Å². The zero-order chi connectivity index (χ0) is 18.4. The van der Waals surface area contributed by atoms with E-state index in [0.29, 0.717) is 0 Å². The van der Waals surface area contributed by atoms with Gasteiger partial charge in [0, 0.05) is 38.6 Å². The Bertz CT molecular complexity index is 836. The number of para-hydroxylation sites is 2. The highest BCUT2D eigenvalue weighted by Gasteiger charge is 2.07. The van der Waals surface area contributed by atoms with Gasteiger partial charge in [-0.15, -0.1) is 0 Å². The molecule has 26 heavy (non-hydrogen) atoms. The molecule has 2 aromatic carbocycles. The standard InChI is InChI=1S/C20H24ClN5/c1-22-20(26(2)14-15-9-11-16(21)12-10-15)23-13-5-8-19-24-17-6-3-4-7-18(17)25-19/h3-4,6-7,9-12H,5,8,13-14H2,1-2H3,(H,22,23)(H,24,25). The van der Waals surface area contributed by atoms with Gasteiger partial charge in [0.1, 0.15) is 5.82 Å². The van der Waals surface area contributed by atoms with Gasteiger partial charge in [-0.2, -0.15) is 0 Å². The van der Waals surface area contributed by atoms with Gasteiger partial charge in [-0.05, 0) is 36.2 Å². The molecule has 5 nitrogen and oxygen atoms in total. The van der Waals surface area contributed by atoms with E-state index in [9.17, 15) is 0 Å². The third-order valence-corrected chi connectivity index (χ3v) is 4.47. The number of aliphatic imine (C=N–C) groups is 1. The summed E-state index contributed by atoms with van der Waals surface area (Å²) in [6.07, 6.45) is 1.88. The van der Waals surface area contributed by atoms with E-state index < -0.39 is 0 Å². The lowest BCUT2D eigenvalue weighted by Crippen LogP contribution is -2.39. The lowest BCUT2D eigenvalue weighted by atomic mass is 10.2. The molecular weight excluding hydrogens is 346 g/mol. The van der Waals surface area contributed by atoms with Gasteiger partial charge in [0.15, 0.2) is 5.96 Å². The number of aromatic amines is 1. The number of benzene rings is 2. The van der Waals surface area contributed by atoms with Gasteiger partial charge < -0.3 is 15.2 Å². The summed E-state index contributed by atoms with van der Waals surface area (Å²) < 4.78 is 0. The minimum absolute atomic E-state index is 0.754. The zero-order valence-corrected chi connectivity index (χ0v) is 15.9. The molecule has 1 aromatic heterocycles. The number of nitrogens with zero attached hydrogens (tertiary/aromatic N) is 3. The second kappa shape index (κ2) is 8.72. The van der Waals surface area contributed by atoms with Crippen molar-refractivity contribution < 1.29 is 0 Å². The van der Waals surface area contributed by atoms with Crippen LogP contribution in [-0.2, 0) is 13.0 Å². The molecular formula is C20H24ClN5. The smallest absolute Gasteiger partial charge is 0.193 e. The molecule has 136 valence electrons. The summed E-state index contributed by atoms with van der Waals surface area (Å²) in [5.74, 6) is 1.90. The van der Waals surface area contributed by atoms with Crippen molar-refractivity contribution in [1.82, 2.24) is 20.2 Å². The summed E-state index contributed by atoms with van der Waals surface area (Å²) in [6.45, 7) is 1.62. The normalized spacial score (nSPS) is 11.7. The van der Waals surface area contributed by atoms with Gasteiger partial charge in [-0.25, -0.2) is 4.98 Å².